The van der Waals surface area contributed by atoms with Crippen LogP contribution in [-0.4, -0.2) is 29.0 Å². The maximum atomic E-state index is 13.4. The van der Waals surface area contributed by atoms with Gasteiger partial charge in [-0.25, -0.2) is 4.98 Å². The second-order valence-electron chi connectivity index (χ2n) is 8.70. The summed E-state index contributed by atoms with van der Waals surface area (Å²) in [7, 11) is 0. The minimum atomic E-state index is -0.234. The van der Waals surface area contributed by atoms with E-state index in [9.17, 15) is 4.79 Å². The highest BCUT2D eigenvalue weighted by Gasteiger charge is 2.17. The Morgan fingerprint density at radius 2 is 1.76 bits per heavy atom. The number of rotatable bonds is 4. The van der Waals surface area contributed by atoms with E-state index in [0.717, 1.165) is 29.6 Å². The van der Waals surface area contributed by atoms with Crippen molar-refractivity contribution in [1.29, 1.82) is 0 Å². The van der Waals surface area contributed by atoms with E-state index in [1.807, 2.05) is 54.6 Å². The van der Waals surface area contributed by atoms with Crippen LogP contribution < -0.4 is 10.5 Å². The zero-order chi connectivity index (χ0) is 23.1. The van der Waals surface area contributed by atoms with E-state index in [1.54, 1.807) is 12.3 Å². The average molecular weight is 449 g/mol. The van der Waals surface area contributed by atoms with Gasteiger partial charge in [-0.05, 0) is 67.3 Å². The van der Waals surface area contributed by atoms with Gasteiger partial charge in [-0.2, -0.15) is 9.78 Å². The van der Waals surface area contributed by atoms with Gasteiger partial charge in [0.15, 0.2) is 5.76 Å². The van der Waals surface area contributed by atoms with E-state index in [0.29, 0.717) is 22.5 Å². The molecule has 0 unspecified atom stereocenters. The summed E-state index contributed by atoms with van der Waals surface area (Å²) in [6, 6.07) is 23.2. The first-order valence-electron chi connectivity index (χ1n) is 11.6. The summed E-state index contributed by atoms with van der Waals surface area (Å²) in [5.74, 6) is 0.878. The topological polar surface area (TPSA) is 63.6 Å². The smallest absolute Gasteiger partial charge is 0.282 e. The van der Waals surface area contributed by atoms with Crippen LogP contribution in [0.2, 0.25) is 0 Å². The van der Waals surface area contributed by atoms with Crippen LogP contribution in [0.4, 0.5) is 5.69 Å². The van der Waals surface area contributed by atoms with Crippen molar-refractivity contribution in [3.05, 3.63) is 94.3 Å². The molecular weight excluding hydrogens is 424 g/mol. The summed E-state index contributed by atoms with van der Waals surface area (Å²) >= 11 is 0. The van der Waals surface area contributed by atoms with Crippen LogP contribution >= 0.6 is 0 Å². The summed E-state index contributed by atoms with van der Waals surface area (Å²) in [4.78, 5) is 20.6. The predicted molar refractivity (Wildman–Crippen MR) is 137 cm³/mol. The Hall–Kier alpha value is -4.19. The third-order valence-corrected chi connectivity index (χ3v) is 6.39. The summed E-state index contributed by atoms with van der Waals surface area (Å²) in [5.41, 5.74) is 4.51. The molecule has 0 aliphatic carbocycles. The van der Waals surface area contributed by atoms with Gasteiger partial charge < -0.3 is 9.32 Å². The first kappa shape index (κ1) is 20.4. The molecule has 34 heavy (non-hydrogen) atoms. The molecule has 6 heteroatoms. The van der Waals surface area contributed by atoms with Gasteiger partial charge in [-0.3, -0.25) is 4.79 Å². The lowest BCUT2D eigenvalue weighted by Gasteiger charge is -2.20. The number of hydrogen-bond donors (Lipinski definition) is 0. The van der Waals surface area contributed by atoms with E-state index in [-0.39, 0.29) is 5.56 Å². The van der Waals surface area contributed by atoms with Gasteiger partial charge in [0.1, 0.15) is 5.58 Å². The zero-order valence-corrected chi connectivity index (χ0v) is 18.9. The van der Waals surface area contributed by atoms with E-state index in [2.05, 4.69) is 29.1 Å². The van der Waals surface area contributed by atoms with Crippen molar-refractivity contribution < 1.29 is 4.42 Å². The molecule has 1 aliphatic rings. The number of anilines is 1. The SMILES string of the molecule is Cc1cc(C=Nn2c(-c3cc4ccccc4o3)nc3ccccc3c2=O)ccc1N1CCCC1. The highest BCUT2D eigenvalue weighted by molar-refractivity contribution is 5.85. The Bertz CT molecular complexity index is 1570. The normalized spacial score (nSPS) is 14.1. The van der Waals surface area contributed by atoms with Gasteiger partial charge in [-0.1, -0.05) is 36.4 Å². The quantitative estimate of drug-likeness (QED) is 0.336. The Morgan fingerprint density at radius 1 is 0.971 bits per heavy atom. The third-order valence-electron chi connectivity index (χ3n) is 6.39. The second kappa shape index (κ2) is 8.30. The lowest BCUT2D eigenvalue weighted by Crippen LogP contribution is -2.20. The Morgan fingerprint density at radius 3 is 2.59 bits per heavy atom. The summed E-state index contributed by atoms with van der Waals surface area (Å²) in [6.45, 7) is 4.33. The van der Waals surface area contributed by atoms with Crippen molar-refractivity contribution >= 4 is 33.8 Å². The van der Waals surface area contributed by atoms with Crippen molar-refractivity contribution in [2.45, 2.75) is 19.8 Å². The Kier molecular flexibility index (Phi) is 4.99. The molecule has 0 N–H and O–H groups in total. The molecule has 0 amide bonds. The van der Waals surface area contributed by atoms with Crippen LogP contribution in [0.5, 0.6) is 0 Å². The molecule has 3 heterocycles. The molecule has 1 fully saturated rings. The lowest BCUT2D eigenvalue weighted by molar-refractivity contribution is 0.616. The van der Waals surface area contributed by atoms with E-state index >= 15 is 0 Å². The van der Waals surface area contributed by atoms with Gasteiger partial charge in [0.2, 0.25) is 5.82 Å². The number of fused-ring (bicyclic) bond motifs is 2. The number of nitrogens with zero attached hydrogens (tertiary/aromatic N) is 4. The molecular formula is C28H24N4O2. The van der Waals surface area contributed by atoms with E-state index < -0.39 is 0 Å². The lowest BCUT2D eigenvalue weighted by atomic mass is 10.1. The van der Waals surface area contributed by atoms with E-state index in [1.165, 1.54) is 28.8 Å². The number of aromatic nitrogens is 2. The molecule has 0 bridgehead atoms. The fourth-order valence-electron chi connectivity index (χ4n) is 4.68. The number of hydrogen-bond acceptors (Lipinski definition) is 5. The summed E-state index contributed by atoms with van der Waals surface area (Å²) in [6.07, 6.45) is 4.20. The molecule has 0 saturated carbocycles. The van der Waals surface area contributed by atoms with Gasteiger partial charge >= 0.3 is 0 Å². The maximum Gasteiger partial charge on any atom is 0.282 e. The van der Waals surface area contributed by atoms with Crippen molar-refractivity contribution in [3.8, 4) is 11.6 Å². The maximum absolute atomic E-state index is 13.4. The largest absolute Gasteiger partial charge is 0.453 e. The monoisotopic (exact) mass is 448 g/mol. The van der Waals surface area contributed by atoms with Crippen LogP contribution in [0.3, 0.4) is 0 Å². The average Bonchev–Trinajstić information content (AvgIpc) is 3.54. The molecule has 5 aromatic rings. The van der Waals surface area contributed by atoms with E-state index in [4.69, 9.17) is 9.40 Å². The first-order chi connectivity index (χ1) is 16.7. The molecule has 0 spiro atoms. The molecule has 0 radical (unpaired) electrons. The molecule has 168 valence electrons. The molecule has 1 saturated heterocycles. The van der Waals surface area contributed by atoms with Crippen LogP contribution in [-0.2, 0) is 0 Å². The molecule has 3 aromatic carbocycles. The molecule has 6 nitrogen and oxygen atoms in total. The van der Waals surface area contributed by atoms with Crippen LogP contribution in [0, 0.1) is 6.92 Å². The zero-order valence-electron chi connectivity index (χ0n) is 18.9. The second-order valence-corrected chi connectivity index (χ2v) is 8.70. The molecule has 6 rings (SSSR count). The number of aryl methyl sites for hydroxylation is 1. The Labute approximate surface area is 196 Å². The highest BCUT2D eigenvalue weighted by Crippen LogP contribution is 2.27. The molecule has 1 aliphatic heterocycles. The molecule has 2 aromatic heterocycles. The van der Waals surface area contributed by atoms with Crippen molar-refractivity contribution in [1.82, 2.24) is 9.66 Å². The van der Waals surface area contributed by atoms with Gasteiger partial charge in [-0.15, -0.1) is 0 Å². The van der Waals surface area contributed by atoms with Crippen molar-refractivity contribution in [2.24, 2.45) is 5.10 Å². The number of furan rings is 1. The van der Waals surface area contributed by atoms with Gasteiger partial charge in [0, 0.05) is 24.2 Å². The van der Waals surface area contributed by atoms with Crippen LogP contribution in [0.15, 0.2) is 87.1 Å². The fourth-order valence-corrected chi connectivity index (χ4v) is 4.68. The number of benzene rings is 3. The fraction of sp³-hybridized carbons (Fsp3) is 0.179. The first-order valence-corrected chi connectivity index (χ1v) is 11.6. The highest BCUT2D eigenvalue weighted by atomic mass is 16.3. The minimum absolute atomic E-state index is 0.234. The summed E-state index contributed by atoms with van der Waals surface area (Å²) in [5, 5.41) is 6.05. The third kappa shape index (κ3) is 3.57. The minimum Gasteiger partial charge on any atom is -0.453 e. The van der Waals surface area contributed by atoms with Gasteiger partial charge in [0.05, 0.1) is 17.1 Å². The van der Waals surface area contributed by atoms with Crippen LogP contribution in [0.1, 0.15) is 24.0 Å². The van der Waals surface area contributed by atoms with Gasteiger partial charge in [0.25, 0.3) is 5.56 Å². The standard InChI is InChI=1S/C28H24N4O2/c1-19-16-20(12-13-24(19)31-14-6-7-15-31)18-29-32-27(26-17-21-8-2-5-11-25(21)34-26)30-23-10-4-3-9-22(23)28(32)33/h2-5,8-13,16-18H,6-7,14-15H2,1H3. The predicted octanol–water partition coefficient (Wildman–Crippen LogP) is 5.60. The summed E-state index contributed by atoms with van der Waals surface area (Å²) < 4.78 is 7.38. The number of para-hydroxylation sites is 2. The van der Waals surface area contributed by atoms with Crippen molar-refractivity contribution in [2.75, 3.05) is 18.0 Å². The Balaban J connectivity index is 1.46. The van der Waals surface area contributed by atoms with Crippen molar-refractivity contribution in [3.63, 3.8) is 0 Å². The van der Waals surface area contributed by atoms with Crippen LogP contribution in [0.25, 0.3) is 33.5 Å². The molecule has 0 atom stereocenters.